The average Bonchev–Trinajstić information content (AvgIpc) is 2.25. The number of rotatable bonds is 0. The van der Waals surface area contributed by atoms with E-state index in [4.69, 9.17) is 0 Å². The van der Waals surface area contributed by atoms with Crippen molar-refractivity contribution in [3.05, 3.63) is 29.6 Å². The van der Waals surface area contributed by atoms with Crippen LogP contribution in [0.25, 0.3) is 0 Å². The van der Waals surface area contributed by atoms with E-state index in [1.54, 1.807) is 0 Å². The molecule has 2 rings (SSSR count). The van der Waals surface area contributed by atoms with Gasteiger partial charge in [0, 0.05) is 17.3 Å². The molecule has 0 radical (unpaired) electrons. The molecule has 0 amide bonds. The summed E-state index contributed by atoms with van der Waals surface area (Å²) in [5, 5.41) is 0. The van der Waals surface area contributed by atoms with Gasteiger partial charge in [0.05, 0.1) is 0 Å². The van der Waals surface area contributed by atoms with Crippen LogP contribution >= 0.6 is 0 Å². The molecule has 0 saturated carbocycles. The van der Waals surface area contributed by atoms with Crippen molar-refractivity contribution < 1.29 is 0 Å². The van der Waals surface area contributed by atoms with Crippen LogP contribution in [0.1, 0.15) is 44.4 Å². The molecule has 0 fully saturated rings. The molecule has 1 aromatic heterocycles. The van der Waals surface area contributed by atoms with Crippen LogP contribution in [0.15, 0.2) is 18.3 Å². The summed E-state index contributed by atoms with van der Waals surface area (Å²) in [5.41, 5.74) is 3.04. The first-order valence-electron chi connectivity index (χ1n) is 4.56. The first kappa shape index (κ1) is 7.78. The molecule has 0 aromatic carbocycles. The SMILES string of the molecule is CC1CC(C)(C)c2ncccc21. The Bertz CT molecular complexity index is 302. The quantitative estimate of drug-likeness (QED) is 0.570. The van der Waals surface area contributed by atoms with Gasteiger partial charge in [0.2, 0.25) is 0 Å². The molecule has 0 aliphatic heterocycles. The largest absolute Gasteiger partial charge is 0.260 e. The van der Waals surface area contributed by atoms with Crippen LogP contribution in [-0.2, 0) is 5.41 Å². The summed E-state index contributed by atoms with van der Waals surface area (Å²) < 4.78 is 0. The number of fused-ring (bicyclic) bond motifs is 1. The molecule has 0 saturated heterocycles. The van der Waals surface area contributed by atoms with Crippen molar-refractivity contribution in [3.8, 4) is 0 Å². The van der Waals surface area contributed by atoms with Crippen LogP contribution in [0.5, 0.6) is 0 Å². The zero-order valence-electron chi connectivity index (χ0n) is 7.96. The fraction of sp³-hybridized carbons (Fsp3) is 0.545. The molecule has 0 spiro atoms. The fourth-order valence-electron chi connectivity index (χ4n) is 2.35. The summed E-state index contributed by atoms with van der Waals surface area (Å²) in [6.07, 6.45) is 3.14. The van der Waals surface area contributed by atoms with E-state index >= 15 is 0 Å². The Morgan fingerprint density at radius 2 is 2.25 bits per heavy atom. The highest BCUT2D eigenvalue weighted by atomic mass is 14.7. The van der Waals surface area contributed by atoms with Crippen molar-refractivity contribution in [3.63, 3.8) is 0 Å². The van der Waals surface area contributed by atoms with E-state index in [0.717, 1.165) is 0 Å². The van der Waals surface area contributed by atoms with Crippen LogP contribution in [0.2, 0.25) is 0 Å². The number of pyridine rings is 1. The summed E-state index contributed by atoms with van der Waals surface area (Å²) in [6, 6.07) is 4.25. The molecular formula is C11H15N. The molecule has 64 valence electrons. The molecule has 1 heterocycles. The summed E-state index contributed by atoms with van der Waals surface area (Å²) >= 11 is 0. The van der Waals surface area contributed by atoms with Gasteiger partial charge in [-0.3, -0.25) is 4.98 Å². The zero-order chi connectivity index (χ0) is 8.77. The van der Waals surface area contributed by atoms with Gasteiger partial charge in [-0.25, -0.2) is 0 Å². The molecule has 1 heteroatoms. The highest BCUT2D eigenvalue weighted by molar-refractivity contribution is 5.35. The standard InChI is InChI=1S/C11H15N/c1-8-7-11(2,3)10-9(8)5-4-6-12-10/h4-6,8H,7H2,1-3H3. The van der Waals surface area contributed by atoms with Crippen molar-refractivity contribution in [1.82, 2.24) is 4.98 Å². The van der Waals surface area contributed by atoms with Crippen LogP contribution in [0, 0.1) is 0 Å². The van der Waals surface area contributed by atoms with Crippen molar-refractivity contribution >= 4 is 0 Å². The molecular weight excluding hydrogens is 146 g/mol. The summed E-state index contributed by atoms with van der Waals surface area (Å²) in [6.45, 7) is 6.85. The summed E-state index contributed by atoms with van der Waals surface area (Å²) in [7, 11) is 0. The average molecular weight is 161 g/mol. The van der Waals surface area contributed by atoms with Crippen molar-refractivity contribution in [2.24, 2.45) is 0 Å². The highest BCUT2D eigenvalue weighted by Crippen LogP contribution is 2.43. The third kappa shape index (κ3) is 0.961. The molecule has 1 aliphatic rings. The summed E-state index contributed by atoms with van der Waals surface area (Å²) in [5.74, 6) is 0.684. The maximum Gasteiger partial charge on any atom is 0.0494 e. The molecule has 12 heavy (non-hydrogen) atoms. The third-order valence-corrected chi connectivity index (χ3v) is 2.83. The molecule has 0 N–H and O–H groups in total. The second-order valence-corrected chi connectivity index (χ2v) is 4.43. The Kier molecular flexibility index (Phi) is 1.50. The van der Waals surface area contributed by atoms with Crippen molar-refractivity contribution in [1.29, 1.82) is 0 Å². The van der Waals surface area contributed by atoms with Crippen molar-refractivity contribution in [2.45, 2.75) is 38.5 Å². The minimum Gasteiger partial charge on any atom is -0.260 e. The molecule has 0 bridgehead atoms. The van der Waals surface area contributed by atoms with E-state index in [-0.39, 0.29) is 5.41 Å². The summed E-state index contributed by atoms with van der Waals surface area (Å²) in [4.78, 5) is 4.46. The number of nitrogens with zero attached hydrogens (tertiary/aromatic N) is 1. The van der Waals surface area contributed by atoms with Crippen LogP contribution in [-0.4, -0.2) is 4.98 Å². The molecule has 1 aromatic rings. The molecule has 1 aliphatic carbocycles. The van der Waals surface area contributed by atoms with E-state index in [9.17, 15) is 0 Å². The Labute approximate surface area is 73.8 Å². The number of hydrogen-bond acceptors (Lipinski definition) is 1. The Hall–Kier alpha value is -0.850. The maximum absolute atomic E-state index is 4.46. The first-order valence-corrected chi connectivity index (χ1v) is 4.56. The van der Waals surface area contributed by atoms with E-state index in [1.165, 1.54) is 17.7 Å². The minimum absolute atomic E-state index is 0.288. The van der Waals surface area contributed by atoms with Crippen LogP contribution in [0.4, 0.5) is 0 Å². The Morgan fingerprint density at radius 3 is 2.92 bits per heavy atom. The van der Waals surface area contributed by atoms with Gasteiger partial charge in [0.1, 0.15) is 0 Å². The van der Waals surface area contributed by atoms with Gasteiger partial charge in [-0.05, 0) is 24.0 Å². The first-order chi connectivity index (χ1) is 5.61. The lowest BCUT2D eigenvalue weighted by molar-refractivity contribution is 0.480. The van der Waals surface area contributed by atoms with Gasteiger partial charge in [-0.15, -0.1) is 0 Å². The highest BCUT2D eigenvalue weighted by Gasteiger charge is 2.35. The lowest BCUT2D eigenvalue weighted by atomic mass is 9.89. The predicted molar refractivity (Wildman–Crippen MR) is 50.3 cm³/mol. The van der Waals surface area contributed by atoms with Gasteiger partial charge in [-0.2, -0.15) is 0 Å². The number of hydrogen-bond donors (Lipinski definition) is 0. The van der Waals surface area contributed by atoms with Gasteiger partial charge in [0.25, 0.3) is 0 Å². The van der Waals surface area contributed by atoms with Gasteiger partial charge in [-0.1, -0.05) is 26.8 Å². The maximum atomic E-state index is 4.46. The van der Waals surface area contributed by atoms with Crippen LogP contribution < -0.4 is 0 Å². The predicted octanol–water partition coefficient (Wildman–Crippen LogP) is 2.87. The monoisotopic (exact) mass is 161 g/mol. The van der Waals surface area contributed by atoms with Gasteiger partial charge >= 0.3 is 0 Å². The lowest BCUT2D eigenvalue weighted by Crippen LogP contribution is -2.13. The van der Waals surface area contributed by atoms with E-state index < -0.39 is 0 Å². The fourth-order valence-corrected chi connectivity index (χ4v) is 2.35. The second kappa shape index (κ2) is 2.32. The minimum atomic E-state index is 0.288. The second-order valence-electron chi connectivity index (χ2n) is 4.43. The number of aromatic nitrogens is 1. The third-order valence-electron chi connectivity index (χ3n) is 2.83. The van der Waals surface area contributed by atoms with E-state index in [2.05, 4.69) is 31.8 Å². The normalized spacial score (nSPS) is 25.4. The molecule has 1 nitrogen and oxygen atoms in total. The van der Waals surface area contributed by atoms with Crippen molar-refractivity contribution in [2.75, 3.05) is 0 Å². The van der Waals surface area contributed by atoms with Gasteiger partial charge < -0.3 is 0 Å². The Balaban J connectivity index is 2.58. The lowest BCUT2D eigenvalue weighted by Gasteiger charge is -2.17. The zero-order valence-corrected chi connectivity index (χ0v) is 7.96. The molecule has 1 atom stereocenters. The topological polar surface area (TPSA) is 12.9 Å². The van der Waals surface area contributed by atoms with Crippen LogP contribution in [0.3, 0.4) is 0 Å². The Morgan fingerprint density at radius 1 is 1.50 bits per heavy atom. The van der Waals surface area contributed by atoms with Gasteiger partial charge in [0.15, 0.2) is 0 Å². The van der Waals surface area contributed by atoms with E-state index in [0.29, 0.717) is 5.92 Å². The smallest absolute Gasteiger partial charge is 0.0494 e. The molecule has 1 unspecified atom stereocenters. The van der Waals surface area contributed by atoms with E-state index in [1.807, 2.05) is 12.3 Å².